The van der Waals surface area contributed by atoms with Gasteiger partial charge in [-0.25, -0.2) is 0 Å². The smallest absolute Gasteiger partial charge is 0.317 e. The molecule has 102 valence electrons. The monoisotopic (exact) mass is 252 g/mol. The van der Waals surface area contributed by atoms with Gasteiger partial charge < -0.3 is 5.32 Å². The van der Waals surface area contributed by atoms with Gasteiger partial charge >= 0.3 is 6.18 Å². The lowest BCUT2D eigenvalue weighted by molar-refractivity contribution is -0.152. The van der Waals surface area contributed by atoms with Crippen LogP contribution in [0, 0.1) is 0 Å². The predicted molar refractivity (Wildman–Crippen MR) is 63.0 cm³/mol. The molecule has 0 heterocycles. The number of rotatable bonds is 5. The van der Waals surface area contributed by atoms with Crippen molar-refractivity contribution in [1.29, 1.82) is 0 Å². The Hall–Kier alpha value is -0.290. The van der Waals surface area contributed by atoms with Crippen LogP contribution in [0.3, 0.4) is 0 Å². The summed E-state index contributed by atoms with van der Waals surface area (Å²) in [5.41, 5.74) is 0. The minimum absolute atomic E-state index is 0.0859. The molecule has 0 spiro atoms. The molecule has 2 nitrogen and oxygen atoms in total. The van der Waals surface area contributed by atoms with Crippen LogP contribution in [0.15, 0.2) is 0 Å². The second kappa shape index (κ2) is 6.59. The lowest BCUT2D eigenvalue weighted by Crippen LogP contribution is -2.47. The molecule has 2 unspecified atom stereocenters. The summed E-state index contributed by atoms with van der Waals surface area (Å²) in [5.74, 6) is 0. The molecule has 5 heteroatoms. The Morgan fingerprint density at radius 1 is 1.29 bits per heavy atom. The Labute approximate surface area is 102 Å². The molecule has 2 atom stereocenters. The summed E-state index contributed by atoms with van der Waals surface area (Å²) in [5, 5.41) is 3.19. The summed E-state index contributed by atoms with van der Waals surface area (Å²) in [4.78, 5) is 1.61. The van der Waals surface area contributed by atoms with Crippen molar-refractivity contribution in [1.82, 2.24) is 10.2 Å². The average molecular weight is 252 g/mol. The number of hydrogen-bond acceptors (Lipinski definition) is 2. The zero-order chi connectivity index (χ0) is 12.9. The molecular formula is C12H23F3N2. The van der Waals surface area contributed by atoms with E-state index in [-0.39, 0.29) is 6.04 Å². The zero-order valence-electron chi connectivity index (χ0n) is 10.7. The molecule has 0 aromatic rings. The van der Waals surface area contributed by atoms with Gasteiger partial charge in [0.05, 0.1) is 6.54 Å². The van der Waals surface area contributed by atoms with Crippen LogP contribution in [0.5, 0.6) is 0 Å². The lowest BCUT2D eigenvalue weighted by atomic mass is 9.90. The van der Waals surface area contributed by atoms with Crippen molar-refractivity contribution >= 4 is 0 Å². The molecule has 0 saturated heterocycles. The fourth-order valence-electron chi connectivity index (χ4n) is 2.67. The highest BCUT2D eigenvalue weighted by atomic mass is 19.4. The maximum absolute atomic E-state index is 12.5. The van der Waals surface area contributed by atoms with Gasteiger partial charge in [0.15, 0.2) is 0 Å². The highest BCUT2D eigenvalue weighted by molar-refractivity contribution is 4.84. The third-order valence-corrected chi connectivity index (χ3v) is 3.46. The van der Waals surface area contributed by atoms with E-state index in [0.29, 0.717) is 12.6 Å². The van der Waals surface area contributed by atoms with E-state index in [1.165, 1.54) is 0 Å². The molecule has 1 N–H and O–H groups in total. The van der Waals surface area contributed by atoms with Crippen molar-refractivity contribution in [2.45, 2.75) is 57.3 Å². The van der Waals surface area contributed by atoms with Gasteiger partial charge in [0.1, 0.15) is 0 Å². The molecule has 1 aliphatic rings. The van der Waals surface area contributed by atoms with Crippen molar-refractivity contribution in [2.24, 2.45) is 0 Å². The second-order valence-electron chi connectivity index (χ2n) is 4.89. The first-order valence-electron chi connectivity index (χ1n) is 6.44. The fraction of sp³-hybridized carbons (Fsp3) is 1.00. The van der Waals surface area contributed by atoms with Crippen LogP contribution in [0.25, 0.3) is 0 Å². The van der Waals surface area contributed by atoms with Gasteiger partial charge in [-0.2, -0.15) is 13.2 Å². The summed E-state index contributed by atoms with van der Waals surface area (Å²) < 4.78 is 37.5. The maximum atomic E-state index is 12.5. The number of hydrogen-bond donors (Lipinski definition) is 1. The fourth-order valence-corrected chi connectivity index (χ4v) is 2.67. The summed E-state index contributed by atoms with van der Waals surface area (Å²) >= 11 is 0. The van der Waals surface area contributed by atoms with E-state index in [1.807, 2.05) is 14.0 Å². The maximum Gasteiger partial charge on any atom is 0.401 e. The van der Waals surface area contributed by atoms with Crippen LogP contribution < -0.4 is 5.32 Å². The third kappa shape index (κ3) is 5.25. The van der Waals surface area contributed by atoms with Crippen molar-refractivity contribution in [3.63, 3.8) is 0 Å². The van der Waals surface area contributed by atoms with E-state index in [1.54, 1.807) is 4.90 Å². The Kier molecular flexibility index (Phi) is 5.73. The van der Waals surface area contributed by atoms with Gasteiger partial charge in [-0.3, -0.25) is 4.90 Å². The lowest BCUT2D eigenvalue weighted by Gasteiger charge is -2.37. The van der Waals surface area contributed by atoms with Gasteiger partial charge in [0.2, 0.25) is 0 Å². The zero-order valence-corrected chi connectivity index (χ0v) is 10.7. The minimum Gasteiger partial charge on any atom is -0.317 e. The van der Waals surface area contributed by atoms with Crippen LogP contribution in [0.4, 0.5) is 13.2 Å². The number of nitrogens with zero attached hydrogens (tertiary/aromatic N) is 1. The Balaban J connectivity index is 2.56. The van der Waals surface area contributed by atoms with Crippen LogP contribution in [-0.2, 0) is 0 Å². The first-order chi connectivity index (χ1) is 7.96. The number of alkyl halides is 3. The molecule has 1 aliphatic carbocycles. The molecule has 0 amide bonds. The molecule has 0 radical (unpaired) electrons. The minimum atomic E-state index is -4.08. The normalized spacial score (nSPS) is 26.5. The van der Waals surface area contributed by atoms with E-state index < -0.39 is 12.7 Å². The molecule has 1 fully saturated rings. The highest BCUT2D eigenvalue weighted by Gasteiger charge is 2.35. The van der Waals surface area contributed by atoms with Crippen LogP contribution in [0.1, 0.15) is 39.0 Å². The first-order valence-corrected chi connectivity index (χ1v) is 6.44. The molecule has 0 aliphatic heterocycles. The van der Waals surface area contributed by atoms with Gasteiger partial charge in [0.25, 0.3) is 0 Å². The molecule has 0 aromatic heterocycles. The van der Waals surface area contributed by atoms with E-state index in [9.17, 15) is 13.2 Å². The molecule has 0 aromatic carbocycles. The molecule has 1 rings (SSSR count). The Morgan fingerprint density at radius 2 is 2.00 bits per heavy atom. The summed E-state index contributed by atoms with van der Waals surface area (Å²) in [6, 6.07) is 0.462. The molecular weight excluding hydrogens is 229 g/mol. The van der Waals surface area contributed by atoms with E-state index in [0.717, 1.165) is 32.1 Å². The van der Waals surface area contributed by atoms with Crippen LogP contribution >= 0.6 is 0 Å². The van der Waals surface area contributed by atoms with Crippen molar-refractivity contribution < 1.29 is 13.2 Å². The van der Waals surface area contributed by atoms with Crippen molar-refractivity contribution in [2.75, 3.05) is 20.1 Å². The topological polar surface area (TPSA) is 15.3 Å². The van der Waals surface area contributed by atoms with E-state index >= 15 is 0 Å². The Morgan fingerprint density at radius 3 is 2.53 bits per heavy atom. The van der Waals surface area contributed by atoms with Crippen LogP contribution in [-0.4, -0.2) is 43.3 Å². The van der Waals surface area contributed by atoms with Crippen molar-refractivity contribution in [3.05, 3.63) is 0 Å². The predicted octanol–water partition coefficient (Wildman–Crippen LogP) is 2.79. The Bertz CT molecular complexity index is 218. The second-order valence-corrected chi connectivity index (χ2v) is 4.89. The van der Waals surface area contributed by atoms with Gasteiger partial charge in [-0.1, -0.05) is 13.3 Å². The SMILES string of the molecule is CCCN(CC(F)(F)F)C1CCCC(NC)C1. The summed E-state index contributed by atoms with van der Waals surface area (Å²) in [7, 11) is 1.89. The van der Waals surface area contributed by atoms with E-state index in [4.69, 9.17) is 0 Å². The number of nitrogens with one attached hydrogen (secondary N) is 1. The largest absolute Gasteiger partial charge is 0.401 e. The van der Waals surface area contributed by atoms with E-state index in [2.05, 4.69) is 5.32 Å². The molecule has 17 heavy (non-hydrogen) atoms. The van der Waals surface area contributed by atoms with Gasteiger partial charge in [0, 0.05) is 12.1 Å². The van der Waals surface area contributed by atoms with Crippen molar-refractivity contribution in [3.8, 4) is 0 Å². The summed E-state index contributed by atoms with van der Waals surface area (Å²) in [6.07, 6.45) is 0.534. The highest BCUT2D eigenvalue weighted by Crippen LogP contribution is 2.26. The average Bonchev–Trinajstić information content (AvgIpc) is 2.27. The first kappa shape index (κ1) is 14.8. The van der Waals surface area contributed by atoms with Gasteiger partial charge in [-0.05, 0) is 39.3 Å². The summed E-state index contributed by atoms with van der Waals surface area (Å²) in [6.45, 7) is 1.71. The standard InChI is InChI=1S/C12H23F3N2/c1-3-7-17(9-12(13,14)15)11-6-4-5-10(8-11)16-2/h10-11,16H,3-9H2,1-2H3. The third-order valence-electron chi connectivity index (χ3n) is 3.46. The molecule has 1 saturated carbocycles. The number of halogens is 3. The quantitative estimate of drug-likeness (QED) is 0.809. The van der Waals surface area contributed by atoms with Gasteiger partial charge in [-0.15, -0.1) is 0 Å². The molecule has 0 bridgehead atoms. The van der Waals surface area contributed by atoms with Crippen LogP contribution in [0.2, 0.25) is 0 Å².